The van der Waals surface area contributed by atoms with E-state index in [2.05, 4.69) is 15.0 Å². The Morgan fingerprint density at radius 3 is 3.06 bits per heavy atom. The number of amides is 1. The first-order valence-corrected chi connectivity index (χ1v) is 5.82. The molecule has 3 heterocycles. The molecule has 0 unspecified atom stereocenters. The van der Waals surface area contributed by atoms with Crippen LogP contribution in [0, 0.1) is 0 Å². The Balaban J connectivity index is 1.82. The van der Waals surface area contributed by atoms with E-state index in [1.54, 1.807) is 35.8 Å². The predicted octanol–water partition coefficient (Wildman–Crippen LogP) is 1.07. The van der Waals surface area contributed by atoms with Gasteiger partial charge in [0.1, 0.15) is 12.0 Å². The van der Waals surface area contributed by atoms with Gasteiger partial charge in [-0.1, -0.05) is 6.07 Å². The molecule has 0 radical (unpaired) electrons. The molecule has 1 aliphatic heterocycles. The maximum atomic E-state index is 12.2. The smallest absolute Gasteiger partial charge is 0.272 e. The van der Waals surface area contributed by atoms with Crippen LogP contribution in [-0.2, 0) is 13.0 Å². The fraction of sp³-hybridized carbons (Fsp3) is 0.231. The molecule has 0 atom stereocenters. The zero-order valence-corrected chi connectivity index (χ0v) is 9.78. The highest BCUT2D eigenvalue weighted by Gasteiger charge is 2.22. The fourth-order valence-electron chi connectivity index (χ4n) is 2.09. The third-order valence-corrected chi connectivity index (χ3v) is 3.03. The SMILES string of the molecule is O=C(c1ccccn1)N1CCc2ncncc2C1. The largest absolute Gasteiger partial charge is 0.332 e. The van der Waals surface area contributed by atoms with Crippen molar-refractivity contribution in [3.8, 4) is 0 Å². The minimum absolute atomic E-state index is 0.0369. The first kappa shape index (κ1) is 10.8. The summed E-state index contributed by atoms with van der Waals surface area (Å²) in [5, 5.41) is 0. The van der Waals surface area contributed by atoms with Crippen molar-refractivity contribution in [3.63, 3.8) is 0 Å². The first-order valence-electron chi connectivity index (χ1n) is 5.82. The van der Waals surface area contributed by atoms with E-state index in [4.69, 9.17) is 0 Å². The normalized spacial score (nSPS) is 14.1. The summed E-state index contributed by atoms with van der Waals surface area (Å²) in [4.78, 5) is 26.3. The highest BCUT2D eigenvalue weighted by Crippen LogP contribution is 2.17. The van der Waals surface area contributed by atoms with Crippen LogP contribution < -0.4 is 0 Å². The summed E-state index contributed by atoms with van der Waals surface area (Å²) in [6.07, 6.45) is 5.74. The van der Waals surface area contributed by atoms with Crippen molar-refractivity contribution in [2.24, 2.45) is 0 Å². The van der Waals surface area contributed by atoms with Crippen LogP contribution in [0.2, 0.25) is 0 Å². The topological polar surface area (TPSA) is 59.0 Å². The number of carbonyl (C=O) groups excluding carboxylic acids is 1. The van der Waals surface area contributed by atoms with E-state index in [0.29, 0.717) is 18.8 Å². The lowest BCUT2D eigenvalue weighted by Crippen LogP contribution is -2.36. The molecule has 2 aromatic heterocycles. The molecule has 5 heteroatoms. The summed E-state index contributed by atoms with van der Waals surface area (Å²) in [6.45, 7) is 1.24. The molecule has 1 aliphatic rings. The minimum atomic E-state index is -0.0369. The Bertz CT molecular complexity index is 570. The van der Waals surface area contributed by atoms with E-state index in [1.807, 2.05) is 6.07 Å². The van der Waals surface area contributed by atoms with Gasteiger partial charge in [0, 0.05) is 37.5 Å². The Morgan fingerprint density at radius 2 is 2.22 bits per heavy atom. The van der Waals surface area contributed by atoms with Gasteiger partial charge in [-0.2, -0.15) is 0 Å². The third kappa shape index (κ3) is 1.95. The average Bonchev–Trinajstić information content (AvgIpc) is 2.47. The second kappa shape index (κ2) is 4.52. The number of nitrogens with zero attached hydrogens (tertiary/aromatic N) is 4. The molecular weight excluding hydrogens is 228 g/mol. The van der Waals surface area contributed by atoms with Crippen molar-refractivity contribution in [2.45, 2.75) is 13.0 Å². The van der Waals surface area contributed by atoms with Gasteiger partial charge in [0.05, 0.1) is 5.69 Å². The van der Waals surface area contributed by atoms with Gasteiger partial charge in [0.25, 0.3) is 5.91 Å². The molecule has 0 N–H and O–H groups in total. The maximum absolute atomic E-state index is 12.2. The molecule has 0 saturated carbocycles. The number of carbonyl (C=O) groups is 1. The molecule has 0 aliphatic carbocycles. The molecule has 0 fully saturated rings. The zero-order chi connectivity index (χ0) is 12.4. The molecule has 0 saturated heterocycles. The van der Waals surface area contributed by atoms with Gasteiger partial charge in [-0.05, 0) is 12.1 Å². The molecule has 0 aromatic carbocycles. The fourth-order valence-corrected chi connectivity index (χ4v) is 2.09. The first-order chi connectivity index (χ1) is 8.84. The summed E-state index contributed by atoms with van der Waals surface area (Å²) in [6, 6.07) is 5.36. The van der Waals surface area contributed by atoms with Gasteiger partial charge < -0.3 is 4.90 Å². The van der Waals surface area contributed by atoms with E-state index >= 15 is 0 Å². The Kier molecular flexibility index (Phi) is 2.72. The molecule has 18 heavy (non-hydrogen) atoms. The lowest BCUT2D eigenvalue weighted by Gasteiger charge is -2.27. The second-order valence-electron chi connectivity index (χ2n) is 4.19. The van der Waals surface area contributed by atoms with E-state index in [1.165, 1.54) is 0 Å². The van der Waals surface area contributed by atoms with Crippen molar-refractivity contribution in [1.82, 2.24) is 19.9 Å². The number of aromatic nitrogens is 3. The van der Waals surface area contributed by atoms with Gasteiger partial charge in [0.15, 0.2) is 0 Å². The van der Waals surface area contributed by atoms with Crippen molar-refractivity contribution < 1.29 is 4.79 Å². The van der Waals surface area contributed by atoms with Crippen LogP contribution in [0.4, 0.5) is 0 Å². The van der Waals surface area contributed by atoms with Crippen LogP contribution in [0.1, 0.15) is 21.7 Å². The molecule has 1 amide bonds. The second-order valence-corrected chi connectivity index (χ2v) is 4.19. The minimum Gasteiger partial charge on any atom is -0.332 e. The number of fused-ring (bicyclic) bond motifs is 1. The summed E-state index contributed by atoms with van der Waals surface area (Å²) in [5.41, 5.74) is 2.54. The zero-order valence-electron chi connectivity index (χ0n) is 9.78. The van der Waals surface area contributed by atoms with E-state index < -0.39 is 0 Å². The van der Waals surface area contributed by atoms with E-state index in [9.17, 15) is 4.79 Å². The Morgan fingerprint density at radius 1 is 1.28 bits per heavy atom. The monoisotopic (exact) mass is 240 g/mol. The van der Waals surface area contributed by atoms with Crippen LogP contribution in [0.15, 0.2) is 36.9 Å². The van der Waals surface area contributed by atoms with Crippen molar-refractivity contribution >= 4 is 5.91 Å². The van der Waals surface area contributed by atoms with Crippen molar-refractivity contribution in [3.05, 3.63) is 53.9 Å². The maximum Gasteiger partial charge on any atom is 0.272 e. The molecule has 90 valence electrons. The van der Waals surface area contributed by atoms with Gasteiger partial charge >= 0.3 is 0 Å². The summed E-state index contributed by atoms with van der Waals surface area (Å²) in [5.74, 6) is -0.0369. The molecule has 3 rings (SSSR count). The lowest BCUT2D eigenvalue weighted by atomic mass is 10.1. The van der Waals surface area contributed by atoms with Gasteiger partial charge in [0.2, 0.25) is 0 Å². The summed E-state index contributed by atoms with van der Waals surface area (Å²) >= 11 is 0. The third-order valence-electron chi connectivity index (χ3n) is 3.03. The van der Waals surface area contributed by atoms with Crippen LogP contribution in [0.3, 0.4) is 0 Å². The van der Waals surface area contributed by atoms with E-state index in [0.717, 1.165) is 17.7 Å². The quantitative estimate of drug-likeness (QED) is 0.748. The van der Waals surface area contributed by atoms with Gasteiger partial charge in [-0.3, -0.25) is 9.78 Å². The van der Waals surface area contributed by atoms with Crippen molar-refractivity contribution in [1.29, 1.82) is 0 Å². The Labute approximate surface area is 105 Å². The highest BCUT2D eigenvalue weighted by molar-refractivity contribution is 5.92. The highest BCUT2D eigenvalue weighted by atomic mass is 16.2. The van der Waals surface area contributed by atoms with Crippen molar-refractivity contribution in [2.75, 3.05) is 6.54 Å². The Hall–Kier alpha value is -2.30. The molecule has 0 spiro atoms. The van der Waals surface area contributed by atoms with Crippen LogP contribution in [-0.4, -0.2) is 32.3 Å². The molecule has 5 nitrogen and oxygen atoms in total. The molecule has 2 aromatic rings. The lowest BCUT2D eigenvalue weighted by molar-refractivity contribution is 0.0727. The van der Waals surface area contributed by atoms with E-state index in [-0.39, 0.29) is 5.91 Å². The standard InChI is InChI=1S/C13H12N4O/c18-13(12-3-1-2-5-15-12)17-6-4-11-10(8-17)7-14-9-16-11/h1-3,5,7,9H,4,6,8H2. The summed E-state index contributed by atoms with van der Waals surface area (Å²) < 4.78 is 0. The predicted molar refractivity (Wildman–Crippen MR) is 64.7 cm³/mol. The molecule has 0 bridgehead atoms. The van der Waals surface area contributed by atoms with Gasteiger partial charge in [-0.15, -0.1) is 0 Å². The number of hydrogen-bond acceptors (Lipinski definition) is 4. The summed E-state index contributed by atoms with van der Waals surface area (Å²) in [7, 11) is 0. The molecular formula is C13H12N4O. The van der Waals surface area contributed by atoms with Crippen LogP contribution in [0.25, 0.3) is 0 Å². The number of hydrogen-bond donors (Lipinski definition) is 0. The average molecular weight is 240 g/mol. The van der Waals surface area contributed by atoms with Crippen LogP contribution >= 0.6 is 0 Å². The van der Waals surface area contributed by atoms with Gasteiger partial charge in [-0.25, -0.2) is 9.97 Å². The number of pyridine rings is 1. The number of rotatable bonds is 1. The van der Waals surface area contributed by atoms with Crippen LogP contribution in [0.5, 0.6) is 0 Å².